The average Bonchev–Trinajstić information content (AvgIpc) is 2.42. The van der Waals surface area contributed by atoms with Crippen molar-refractivity contribution in [3.8, 4) is 0 Å². The van der Waals surface area contributed by atoms with Crippen molar-refractivity contribution in [1.29, 1.82) is 0 Å². The molecule has 0 amide bonds. The lowest BCUT2D eigenvalue weighted by molar-refractivity contribution is 0.531. The zero-order valence-corrected chi connectivity index (χ0v) is 13.9. The predicted octanol–water partition coefficient (Wildman–Crippen LogP) is 5.40. The molecule has 0 aromatic heterocycles. The zero-order valence-electron chi connectivity index (χ0n) is 10.8. The molecule has 0 radical (unpaired) electrons. The molecule has 0 bridgehead atoms. The van der Waals surface area contributed by atoms with Crippen LogP contribution in [0.15, 0.2) is 40.9 Å². The summed E-state index contributed by atoms with van der Waals surface area (Å²) in [5.41, 5.74) is 1.53. The fourth-order valence-electron chi connectivity index (χ4n) is 2.06. The van der Waals surface area contributed by atoms with Gasteiger partial charge in [0.25, 0.3) is 0 Å². The van der Waals surface area contributed by atoms with Crippen molar-refractivity contribution in [1.82, 2.24) is 5.32 Å². The Morgan fingerprint density at radius 2 is 2.00 bits per heavy atom. The van der Waals surface area contributed by atoms with Crippen LogP contribution in [0.3, 0.4) is 0 Å². The highest BCUT2D eigenvalue weighted by atomic mass is 79.9. The van der Waals surface area contributed by atoms with Crippen molar-refractivity contribution in [2.75, 3.05) is 7.05 Å². The lowest BCUT2D eigenvalue weighted by atomic mass is 9.98. The van der Waals surface area contributed by atoms with Crippen LogP contribution in [0, 0.1) is 5.82 Å². The Balaban J connectivity index is 2.31. The average molecular weight is 377 g/mol. The topological polar surface area (TPSA) is 12.0 Å². The molecule has 106 valence electrons. The van der Waals surface area contributed by atoms with Gasteiger partial charge in [0.2, 0.25) is 0 Å². The minimum atomic E-state index is -0.253. The summed E-state index contributed by atoms with van der Waals surface area (Å²) in [6.07, 6.45) is 0.583. The molecule has 0 saturated carbocycles. The lowest BCUT2D eigenvalue weighted by Crippen LogP contribution is -2.20. The monoisotopic (exact) mass is 375 g/mol. The van der Waals surface area contributed by atoms with Gasteiger partial charge in [-0.05, 0) is 53.2 Å². The van der Waals surface area contributed by atoms with Gasteiger partial charge in [0, 0.05) is 21.7 Å². The third-order valence-electron chi connectivity index (χ3n) is 3.14. The van der Waals surface area contributed by atoms with Crippen molar-refractivity contribution >= 4 is 39.1 Å². The van der Waals surface area contributed by atoms with E-state index >= 15 is 0 Å². The van der Waals surface area contributed by atoms with Crippen LogP contribution in [0.5, 0.6) is 0 Å². The molecule has 0 saturated heterocycles. The Morgan fingerprint density at radius 1 is 1.25 bits per heavy atom. The zero-order chi connectivity index (χ0) is 14.7. The van der Waals surface area contributed by atoms with E-state index in [1.165, 1.54) is 0 Å². The van der Waals surface area contributed by atoms with E-state index < -0.39 is 0 Å². The first-order valence-electron chi connectivity index (χ1n) is 6.08. The smallest absolute Gasteiger partial charge is 0.142 e. The molecular formula is C15H13BrCl2FN. The Labute approximate surface area is 136 Å². The molecule has 20 heavy (non-hydrogen) atoms. The Morgan fingerprint density at radius 3 is 2.65 bits per heavy atom. The highest BCUT2D eigenvalue weighted by molar-refractivity contribution is 9.10. The van der Waals surface area contributed by atoms with Crippen molar-refractivity contribution < 1.29 is 4.39 Å². The first-order valence-corrected chi connectivity index (χ1v) is 7.63. The number of benzene rings is 2. The number of nitrogens with one attached hydrogen (secondary N) is 1. The molecule has 2 rings (SSSR count). The van der Waals surface area contributed by atoms with Gasteiger partial charge in [-0.2, -0.15) is 0 Å². The van der Waals surface area contributed by atoms with E-state index in [1.54, 1.807) is 31.3 Å². The molecule has 1 unspecified atom stereocenters. The summed E-state index contributed by atoms with van der Waals surface area (Å²) in [6.45, 7) is 0. The normalized spacial score (nSPS) is 12.4. The van der Waals surface area contributed by atoms with E-state index in [0.717, 1.165) is 5.56 Å². The second-order valence-corrected chi connectivity index (χ2v) is 6.12. The Hall–Kier alpha value is -0.610. The van der Waals surface area contributed by atoms with Crippen LogP contribution in [-0.4, -0.2) is 7.05 Å². The van der Waals surface area contributed by atoms with Gasteiger partial charge in [-0.3, -0.25) is 0 Å². The minimum absolute atomic E-state index is 0.161. The molecule has 0 aliphatic heterocycles. The molecule has 1 N–H and O–H groups in total. The third kappa shape index (κ3) is 3.53. The van der Waals surface area contributed by atoms with Crippen molar-refractivity contribution in [3.63, 3.8) is 0 Å². The van der Waals surface area contributed by atoms with Gasteiger partial charge in [0.1, 0.15) is 5.82 Å². The standard InChI is InChI=1S/C15H13BrCl2FN/c1-20-14(11-3-2-4-12(16)15(11)19)7-9-5-6-10(17)8-13(9)18/h2-6,8,14,20H,7H2,1H3. The van der Waals surface area contributed by atoms with E-state index in [9.17, 15) is 4.39 Å². The molecule has 2 aromatic carbocycles. The molecule has 0 aliphatic rings. The van der Waals surface area contributed by atoms with Crippen molar-refractivity contribution in [3.05, 3.63) is 67.9 Å². The van der Waals surface area contributed by atoms with E-state index in [0.29, 0.717) is 26.5 Å². The van der Waals surface area contributed by atoms with Gasteiger partial charge in [0.15, 0.2) is 0 Å². The summed E-state index contributed by atoms with van der Waals surface area (Å²) >= 11 is 15.3. The van der Waals surface area contributed by atoms with Gasteiger partial charge < -0.3 is 5.32 Å². The summed E-state index contributed by atoms with van der Waals surface area (Å²) in [5, 5.41) is 4.31. The number of halogens is 4. The summed E-state index contributed by atoms with van der Waals surface area (Å²) in [4.78, 5) is 0. The predicted molar refractivity (Wildman–Crippen MR) is 86.1 cm³/mol. The van der Waals surface area contributed by atoms with Gasteiger partial charge in [-0.25, -0.2) is 4.39 Å². The first kappa shape index (κ1) is 15.8. The molecule has 0 fully saturated rings. The van der Waals surface area contributed by atoms with Crippen molar-refractivity contribution in [2.45, 2.75) is 12.5 Å². The summed E-state index contributed by atoms with van der Waals surface area (Å²) in [5.74, 6) is -0.253. The summed E-state index contributed by atoms with van der Waals surface area (Å²) in [7, 11) is 1.80. The first-order chi connectivity index (χ1) is 9.52. The summed E-state index contributed by atoms with van der Waals surface area (Å²) < 4.78 is 14.6. The molecule has 0 aliphatic carbocycles. The molecule has 5 heteroatoms. The fraction of sp³-hybridized carbons (Fsp3) is 0.200. The summed E-state index contributed by atoms with van der Waals surface area (Å²) in [6, 6.07) is 10.5. The fourth-order valence-corrected chi connectivity index (χ4v) is 2.93. The molecule has 0 spiro atoms. The highest BCUT2D eigenvalue weighted by Gasteiger charge is 2.17. The van der Waals surface area contributed by atoms with Gasteiger partial charge in [0.05, 0.1) is 4.47 Å². The lowest BCUT2D eigenvalue weighted by Gasteiger charge is -2.19. The van der Waals surface area contributed by atoms with Crippen LogP contribution >= 0.6 is 39.1 Å². The molecule has 1 nitrogen and oxygen atoms in total. The quantitative estimate of drug-likeness (QED) is 0.753. The molecule has 1 atom stereocenters. The van der Waals surface area contributed by atoms with Gasteiger partial charge in [-0.1, -0.05) is 41.4 Å². The minimum Gasteiger partial charge on any atom is -0.313 e. The Kier molecular flexibility index (Phi) is 5.44. The van der Waals surface area contributed by atoms with Gasteiger partial charge >= 0.3 is 0 Å². The highest BCUT2D eigenvalue weighted by Crippen LogP contribution is 2.29. The van der Waals surface area contributed by atoms with E-state index in [4.69, 9.17) is 23.2 Å². The molecule has 0 heterocycles. The van der Waals surface area contributed by atoms with Gasteiger partial charge in [-0.15, -0.1) is 0 Å². The van der Waals surface area contributed by atoms with Crippen LogP contribution in [0.1, 0.15) is 17.2 Å². The van der Waals surface area contributed by atoms with E-state index in [2.05, 4.69) is 21.2 Å². The SMILES string of the molecule is CNC(Cc1ccc(Cl)cc1Cl)c1cccc(Br)c1F. The van der Waals surface area contributed by atoms with Crippen LogP contribution in [-0.2, 0) is 6.42 Å². The maximum atomic E-state index is 14.2. The van der Waals surface area contributed by atoms with Crippen molar-refractivity contribution in [2.24, 2.45) is 0 Å². The van der Waals surface area contributed by atoms with E-state index in [-0.39, 0.29) is 11.9 Å². The largest absolute Gasteiger partial charge is 0.313 e. The molecule has 2 aromatic rings. The van der Waals surface area contributed by atoms with E-state index in [1.807, 2.05) is 12.1 Å². The van der Waals surface area contributed by atoms with Crippen LogP contribution in [0.25, 0.3) is 0 Å². The second kappa shape index (κ2) is 6.90. The molecular weight excluding hydrogens is 364 g/mol. The second-order valence-electron chi connectivity index (χ2n) is 4.42. The van der Waals surface area contributed by atoms with Crippen LogP contribution < -0.4 is 5.32 Å². The number of hydrogen-bond acceptors (Lipinski definition) is 1. The van der Waals surface area contributed by atoms with Crippen LogP contribution in [0.4, 0.5) is 4.39 Å². The Bertz CT molecular complexity index is 619. The number of hydrogen-bond donors (Lipinski definition) is 1. The van der Waals surface area contributed by atoms with Crippen LogP contribution in [0.2, 0.25) is 10.0 Å². The maximum Gasteiger partial charge on any atom is 0.142 e. The maximum absolute atomic E-state index is 14.2. The third-order valence-corrected chi connectivity index (χ3v) is 4.34. The number of likely N-dealkylation sites (N-methyl/N-ethyl adjacent to an activating group) is 1. The number of rotatable bonds is 4.